The highest BCUT2D eigenvalue weighted by Crippen LogP contribution is 2.22. The fourth-order valence-corrected chi connectivity index (χ4v) is 3.54. The highest BCUT2D eigenvalue weighted by Gasteiger charge is 2.28. The number of hydrogen-bond acceptors (Lipinski definition) is 4. The van der Waals surface area contributed by atoms with Gasteiger partial charge in [-0.1, -0.05) is 12.1 Å². The quantitative estimate of drug-likeness (QED) is 0.917. The molecule has 1 aromatic heterocycles. The second kappa shape index (κ2) is 7.35. The number of amides is 1. The van der Waals surface area contributed by atoms with Crippen LogP contribution in [0.4, 0.5) is 0 Å². The van der Waals surface area contributed by atoms with E-state index in [0.29, 0.717) is 24.0 Å². The lowest BCUT2D eigenvalue weighted by molar-refractivity contribution is -0.136. The predicted octanol–water partition coefficient (Wildman–Crippen LogP) is 1.71. The van der Waals surface area contributed by atoms with Crippen molar-refractivity contribution in [2.75, 3.05) is 13.2 Å². The predicted molar refractivity (Wildman–Crippen MR) is 96.3 cm³/mol. The van der Waals surface area contributed by atoms with Gasteiger partial charge in [-0.3, -0.25) is 14.2 Å². The minimum Gasteiger partial charge on any atom is -0.396 e. The molecule has 2 aromatic rings. The largest absolute Gasteiger partial charge is 0.396 e. The number of benzene rings is 1. The Morgan fingerprint density at radius 1 is 1.36 bits per heavy atom. The molecule has 0 spiro atoms. The van der Waals surface area contributed by atoms with E-state index in [4.69, 9.17) is 0 Å². The maximum Gasteiger partial charge on any atom is 0.261 e. The molecule has 1 aliphatic rings. The van der Waals surface area contributed by atoms with Crippen LogP contribution in [0, 0.1) is 12.8 Å². The lowest BCUT2D eigenvalue weighted by Crippen LogP contribution is -2.46. The van der Waals surface area contributed by atoms with Gasteiger partial charge in [0.2, 0.25) is 5.91 Å². The average molecular weight is 343 g/mol. The average Bonchev–Trinajstić information content (AvgIpc) is 2.62. The maximum absolute atomic E-state index is 12.6. The van der Waals surface area contributed by atoms with Crippen molar-refractivity contribution >= 4 is 16.8 Å². The van der Waals surface area contributed by atoms with Crippen molar-refractivity contribution in [3.63, 3.8) is 0 Å². The molecule has 2 heterocycles. The van der Waals surface area contributed by atoms with Gasteiger partial charge < -0.3 is 10.0 Å². The van der Waals surface area contributed by atoms with Gasteiger partial charge in [-0.2, -0.15) is 0 Å². The molecule has 0 bridgehead atoms. The van der Waals surface area contributed by atoms with Crippen LogP contribution in [-0.4, -0.2) is 44.7 Å². The van der Waals surface area contributed by atoms with Crippen molar-refractivity contribution in [1.82, 2.24) is 14.5 Å². The fraction of sp³-hybridized carbons (Fsp3) is 0.526. The van der Waals surface area contributed by atoms with Crippen LogP contribution in [0.2, 0.25) is 0 Å². The van der Waals surface area contributed by atoms with Gasteiger partial charge >= 0.3 is 0 Å². The van der Waals surface area contributed by atoms with Crippen LogP contribution in [0.25, 0.3) is 10.9 Å². The number of fused-ring (bicyclic) bond motifs is 1. The van der Waals surface area contributed by atoms with Gasteiger partial charge in [0.05, 0.1) is 17.2 Å². The molecule has 6 nitrogen and oxygen atoms in total. The number of carbonyl (C=O) groups is 1. The lowest BCUT2D eigenvalue weighted by Gasteiger charge is -2.37. The molecule has 0 radical (unpaired) electrons. The van der Waals surface area contributed by atoms with Crippen LogP contribution in [0.15, 0.2) is 29.3 Å². The fourth-order valence-electron chi connectivity index (χ4n) is 3.54. The number of likely N-dealkylation sites (tertiary alicyclic amines) is 1. The topological polar surface area (TPSA) is 75.4 Å². The summed E-state index contributed by atoms with van der Waals surface area (Å²) < 4.78 is 1.51. The van der Waals surface area contributed by atoms with E-state index in [0.717, 1.165) is 18.4 Å². The van der Waals surface area contributed by atoms with Crippen molar-refractivity contribution in [3.8, 4) is 0 Å². The molecule has 1 saturated heterocycles. The van der Waals surface area contributed by atoms with Gasteiger partial charge in [0.15, 0.2) is 0 Å². The molecular weight excluding hydrogens is 318 g/mol. The van der Waals surface area contributed by atoms with E-state index >= 15 is 0 Å². The number of rotatable bonds is 4. The van der Waals surface area contributed by atoms with Crippen molar-refractivity contribution in [1.29, 1.82) is 0 Å². The molecule has 2 atom stereocenters. The van der Waals surface area contributed by atoms with E-state index in [9.17, 15) is 14.7 Å². The Morgan fingerprint density at radius 2 is 2.16 bits per heavy atom. The molecule has 1 amide bonds. The highest BCUT2D eigenvalue weighted by molar-refractivity contribution is 5.80. The number of aromatic nitrogens is 2. The number of aryl methyl sites for hydroxylation is 2. The van der Waals surface area contributed by atoms with Gasteiger partial charge in [-0.25, -0.2) is 4.98 Å². The molecular formula is C19H25N3O3. The first-order valence-electron chi connectivity index (χ1n) is 8.86. The van der Waals surface area contributed by atoms with E-state index in [2.05, 4.69) is 4.98 Å². The summed E-state index contributed by atoms with van der Waals surface area (Å²) in [6.07, 6.45) is 3.66. The third-order valence-electron chi connectivity index (χ3n) is 5.18. The molecule has 0 saturated carbocycles. The van der Waals surface area contributed by atoms with Crippen molar-refractivity contribution < 1.29 is 9.90 Å². The first-order chi connectivity index (χ1) is 12.0. The summed E-state index contributed by atoms with van der Waals surface area (Å²) in [6, 6.07) is 5.73. The molecule has 6 heteroatoms. The molecule has 3 rings (SSSR count). The Balaban J connectivity index is 1.73. The zero-order chi connectivity index (χ0) is 18.0. The maximum atomic E-state index is 12.6. The second-order valence-corrected chi connectivity index (χ2v) is 6.99. The van der Waals surface area contributed by atoms with E-state index in [1.165, 1.54) is 10.9 Å². The van der Waals surface area contributed by atoms with Gasteiger partial charge in [0.1, 0.15) is 0 Å². The Labute approximate surface area is 147 Å². The number of para-hydroxylation sites is 1. The second-order valence-electron chi connectivity index (χ2n) is 6.99. The van der Waals surface area contributed by atoms with E-state index in [-0.39, 0.29) is 36.5 Å². The van der Waals surface area contributed by atoms with Gasteiger partial charge in [0, 0.05) is 32.2 Å². The molecule has 1 aromatic carbocycles. The number of piperidine rings is 1. The number of aliphatic hydroxyl groups is 1. The number of hydrogen-bond donors (Lipinski definition) is 1. The third-order valence-corrected chi connectivity index (χ3v) is 5.18. The minimum atomic E-state index is -0.110. The summed E-state index contributed by atoms with van der Waals surface area (Å²) in [5.41, 5.74) is 1.57. The summed E-state index contributed by atoms with van der Waals surface area (Å²) >= 11 is 0. The Morgan fingerprint density at radius 3 is 2.92 bits per heavy atom. The number of aliphatic hydroxyl groups excluding tert-OH is 1. The molecule has 25 heavy (non-hydrogen) atoms. The van der Waals surface area contributed by atoms with Gasteiger partial charge in [0.25, 0.3) is 5.56 Å². The Hall–Kier alpha value is -2.21. The smallest absolute Gasteiger partial charge is 0.261 e. The monoisotopic (exact) mass is 343 g/mol. The summed E-state index contributed by atoms with van der Waals surface area (Å²) in [7, 11) is 0. The first-order valence-corrected chi connectivity index (χ1v) is 8.86. The Kier molecular flexibility index (Phi) is 5.18. The van der Waals surface area contributed by atoms with E-state index < -0.39 is 0 Å². The SMILES string of the molecule is Cc1cccc2c(=O)n(CCC(=O)N3CC(CO)CCC3C)cnc12. The van der Waals surface area contributed by atoms with Crippen molar-refractivity contribution in [3.05, 3.63) is 40.4 Å². The van der Waals surface area contributed by atoms with Crippen molar-refractivity contribution in [2.24, 2.45) is 5.92 Å². The normalized spacial score (nSPS) is 20.8. The molecule has 1 fully saturated rings. The van der Waals surface area contributed by atoms with E-state index in [1.807, 2.05) is 30.9 Å². The highest BCUT2D eigenvalue weighted by atomic mass is 16.3. The van der Waals surface area contributed by atoms with Crippen LogP contribution in [0.1, 0.15) is 31.7 Å². The molecule has 1 N–H and O–H groups in total. The van der Waals surface area contributed by atoms with Crippen LogP contribution in [0.5, 0.6) is 0 Å². The van der Waals surface area contributed by atoms with Crippen LogP contribution >= 0.6 is 0 Å². The van der Waals surface area contributed by atoms with Crippen molar-refractivity contribution in [2.45, 2.75) is 45.7 Å². The molecule has 134 valence electrons. The molecule has 0 aliphatic carbocycles. The standard InChI is InChI=1S/C19H25N3O3/c1-13-4-3-5-16-18(13)20-12-21(19(16)25)9-8-17(24)22-10-15(11-23)7-6-14(22)2/h3-5,12,14-15,23H,6-11H2,1-2H3. The van der Waals surface area contributed by atoms with Crippen LogP contribution in [-0.2, 0) is 11.3 Å². The van der Waals surface area contributed by atoms with Gasteiger partial charge in [-0.05, 0) is 44.2 Å². The molecule has 2 unspecified atom stereocenters. The molecule has 1 aliphatic heterocycles. The summed E-state index contributed by atoms with van der Waals surface area (Å²) in [5, 5.41) is 9.94. The first kappa shape index (κ1) is 17.6. The van der Waals surface area contributed by atoms with Gasteiger partial charge in [-0.15, -0.1) is 0 Å². The summed E-state index contributed by atoms with van der Waals surface area (Å²) in [5.74, 6) is 0.190. The zero-order valence-electron chi connectivity index (χ0n) is 14.8. The van der Waals surface area contributed by atoms with Crippen LogP contribution in [0.3, 0.4) is 0 Å². The lowest BCUT2D eigenvalue weighted by atomic mass is 9.94. The zero-order valence-corrected chi connectivity index (χ0v) is 14.8. The summed E-state index contributed by atoms with van der Waals surface area (Å²) in [6.45, 7) is 5.00. The summed E-state index contributed by atoms with van der Waals surface area (Å²) in [4.78, 5) is 31.4. The van der Waals surface area contributed by atoms with E-state index in [1.54, 1.807) is 6.07 Å². The Bertz CT molecular complexity index is 830. The number of carbonyl (C=O) groups excluding carboxylic acids is 1. The minimum absolute atomic E-state index is 0.0295. The third kappa shape index (κ3) is 3.58. The number of nitrogens with zero attached hydrogens (tertiary/aromatic N) is 3. The van der Waals surface area contributed by atoms with Crippen LogP contribution < -0.4 is 5.56 Å².